The van der Waals surface area contributed by atoms with E-state index in [4.69, 9.17) is 0 Å². The van der Waals surface area contributed by atoms with E-state index >= 15 is 0 Å². The predicted octanol–water partition coefficient (Wildman–Crippen LogP) is 4.83. The van der Waals surface area contributed by atoms with E-state index in [1.807, 2.05) is 6.92 Å². The van der Waals surface area contributed by atoms with Gasteiger partial charge in [0.2, 0.25) is 5.91 Å². The molecule has 0 aliphatic heterocycles. The molecule has 1 aliphatic carbocycles. The minimum absolute atomic E-state index is 0.170. The zero-order valence-electron chi connectivity index (χ0n) is 14.3. The van der Waals surface area contributed by atoms with Crippen LogP contribution in [0.15, 0.2) is 35.6 Å². The topological polar surface area (TPSA) is 54.9 Å². The molecule has 1 atom stereocenters. The third-order valence-corrected chi connectivity index (χ3v) is 6.77. The maximum atomic E-state index is 13.3. The van der Waals surface area contributed by atoms with E-state index in [2.05, 4.69) is 15.3 Å². The molecular formula is C19H18FN3OS2. The van der Waals surface area contributed by atoms with Gasteiger partial charge in [0.15, 0.2) is 0 Å². The molecule has 2 aromatic heterocycles. The SMILES string of the molecule is C[C@@H](Sc1ncnc2sc3c(c12)CCCC3)C(=O)Nc1cccc(F)c1. The van der Waals surface area contributed by atoms with Crippen LogP contribution < -0.4 is 5.32 Å². The fraction of sp³-hybridized carbons (Fsp3) is 0.316. The molecule has 4 rings (SSSR count). The van der Waals surface area contributed by atoms with Crippen LogP contribution in [-0.4, -0.2) is 21.1 Å². The summed E-state index contributed by atoms with van der Waals surface area (Å²) in [7, 11) is 0. The molecule has 0 unspecified atom stereocenters. The van der Waals surface area contributed by atoms with E-state index in [-0.39, 0.29) is 17.0 Å². The number of halogens is 1. The Morgan fingerprint density at radius 3 is 3.00 bits per heavy atom. The maximum Gasteiger partial charge on any atom is 0.237 e. The minimum Gasteiger partial charge on any atom is -0.325 e. The lowest BCUT2D eigenvalue weighted by Gasteiger charge is -2.14. The first kappa shape index (κ1) is 17.4. The summed E-state index contributed by atoms with van der Waals surface area (Å²) in [4.78, 5) is 23.8. The van der Waals surface area contributed by atoms with Gasteiger partial charge in [-0.3, -0.25) is 4.79 Å². The molecule has 0 saturated heterocycles. The van der Waals surface area contributed by atoms with Crippen LogP contribution in [0.5, 0.6) is 0 Å². The van der Waals surface area contributed by atoms with Crippen LogP contribution in [0.25, 0.3) is 10.2 Å². The summed E-state index contributed by atoms with van der Waals surface area (Å²) < 4.78 is 13.3. The van der Waals surface area contributed by atoms with E-state index in [9.17, 15) is 9.18 Å². The lowest BCUT2D eigenvalue weighted by Crippen LogP contribution is -2.22. The number of fused-ring (bicyclic) bond motifs is 3. The average molecular weight is 388 g/mol. The molecule has 0 fully saturated rings. The van der Waals surface area contributed by atoms with Crippen molar-refractivity contribution in [3.63, 3.8) is 0 Å². The van der Waals surface area contributed by atoms with E-state index in [1.165, 1.54) is 47.2 Å². The number of nitrogens with one attached hydrogen (secondary N) is 1. The van der Waals surface area contributed by atoms with Gasteiger partial charge in [-0.25, -0.2) is 14.4 Å². The number of nitrogens with zero attached hydrogens (tertiary/aromatic N) is 2. The Bertz CT molecular complexity index is 973. The molecule has 4 nitrogen and oxygen atoms in total. The zero-order valence-corrected chi connectivity index (χ0v) is 15.9. The third-order valence-electron chi connectivity index (χ3n) is 4.47. The summed E-state index contributed by atoms with van der Waals surface area (Å²) in [6.07, 6.45) is 6.15. The second-order valence-corrected chi connectivity index (χ2v) is 8.74. The number of thioether (sulfide) groups is 1. The van der Waals surface area contributed by atoms with Gasteiger partial charge in [0.05, 0.1) is 5.25 Å². The molecule has 0 radical (unpaired) electrons. The summed E-state index contributed by atoms with van der Waals surface area (Å²) in [5.41, 5.74) is 1.82. The highest BCUT2D eigenvalue weighted by atomic mass is 32.2. The minimum atomic E-state index is -0.370. The first-order chi connectivity index (χ1) is 12.6. The van der Waals surface area contributed by atoms with Gasteiger partial charge in [-0.1, -0.05) is 17.8 Å². The standard InChI is InChI=1S/C19H18FN3OS2/c1-11(17(24)23-13-6-4-5-12(20)9-13)25-18-16-14-7-2-3-8-15(14)26-19(16)22-10-21-18/h4-6,9-11H,2-3,7-8H2,1H3,(H,23,24)/t11-/m1/s1. The van der Waals surface area contributed by atoms with Crippen molar-refractivity contribution in [2.75, 3.05) is 5.32 Å². The van der Waals surface area contributed by atoms with Crippen LogP contribution in [0.4, 0.5) is 10.1 Å². The third kappa shape index (κ3) is 3.46. The quantitative estimate of drug-likeness (QED) is 0.515. The van der Waals surface area contributed by atoms with Crippen molar-refractivity contribution >= 4 is 44.9 Å². The van der Waals surface area contributed by atoms with E-state index < -0.39 is 0 Å². The normalized spacial score (nSPS) is 14.8. The molecular weight excluding hydrogens is 369 g/mol. The van der Waals surface area contributed by atoms with Crippen molar-refractivity contribution in [3.8, 4) is 0 Å². The number of aryl methyl sites for hydroxylation is 2. The fourth-order valence-corrected chi connectivity index (χ4v) is 5.42. The Morgan fingerprint density at radius 1 is 1.31 bits per heavy atom. The Balaban J connectivity index is 1.56. The number of amides is 1. The molecule has 134 valence electrons. The molecule has 7 heteroatoms. The second-order valence-electron chi connectivity index (χ2n) is 6.33. The molecule has 2 heterocycles. The summed E-state index contributed by atoms with van der Waals surface area (Å²) in [6, 6.07) is 5.92. The highest BCUT2D eigenvalue weighted by Crippen LogP contribution is 2.40. The van der Waals surface area contributed by atoms with Crippen molar-refractivity contribution in [1.82, 2.24) is 9.97 Å². The number of thiophene rings is 1. The number of carbonyl (C=O) groups is 1. The Labute approximate surface area is 159 Å². The molecule has 0 bridgehead atoms. The molecule has 0 saturated carbocycles. The Hall–Kier alpha value is -1.99. The predicted molar refractivity (Wildman–Crippen MR) is 104 cm³/mol. The molecule has 0 spiro atoms. The van der Waals surface area contributed by atoms with Gasteiger partial charge < -0.3 is 5.32 Å². The van der Waals surface area contributed by atoms with Crippen LogP contribution >= 0.6 is 23.1 Å². The summed E-state index contributed by atoms with van der Waals surface area (Å²) >= 11 is 3.18. The van der Waals surface area contributed by atoms with Crippen LogP contribution in [0.3, 0.4) is 0 Å². The summed E-state index contributed by atoms with van der Waals surface area (Å²) in [5.74, 6) is -0.540. The fourth-order valence-electron chi connectivity index (χ4n) is 3.18. The van der Waals surface area contributed by atoms with Gasteiger partial charge in [0.25, 0.3) is 0 Å². The summed E-state index contributed by atoms with van der Waals surface area (Å²) in [5, 5.41) is 4.39. The van der Waals surface area contributed by atoms with Gasteiger partial charge in [0, 0.05) is 16.0 Å². The number of hydrogen-bond acceptors (Lipinski definition) is 5. The highest BCUT2D eigenvalue weighted by Gasteiger charge is 2.23. The molecule has 1 N–H and O–H groups in total. The van der Waals surface area contributed by atoms with Gasteiger partial charge >= 0.3 is 0 Å². The molecule has 26 heavy (non-hydrogen) atoms. The number of aromatic nitrogens is 2. The van der Waals surface area contributed by atoms with E-state index in [0.717, 1.165) is 28.1 Å². The van der Waals surface area contributed by atoms with Gasteiger partial charge in [-0.2, -0.15) is 0 Å². The van der Waals surface area contributed by atoms with Crippen LogP contribution in [0, 0.1) is 5.82 Å². The lowest BCUT2D eigenvalue weighted by molar-refractivity contribution is -0.115. The van der Waals surface area contributed by atoms with Crippen molar-refractivity contribution in [3.05, 3.63) is 46.9 Å². The first-order valence-corrected chi connectivity index (χ1v) is 10.3. The van der Waals surface area contributed by atoms with Crippen LogP contribution in [0.1, 0.15) is 30.2 Å². The molecule has 1 aromatic carbocycles. The van der Waals surface area contributed by atoms with E-state index in [0.29, 0.717) is 5.69 Å². The van der Waals surface area contributed by atoms with Gasteiger partial charge in [-0.15, -0.1) is 11.3 Å². The Kier molecular flexibility index (Phi) is 4.91. The number of carbonyl (C=O) groups excluding carboxylic acids is 1. The zero-order chi connectivity index (χ0) is 18.1. The number of anilines is 1. The van der Waals surface area contributed by atoms with Crippen LogP contribution in [-0.2, 0) is 17.6 Å². The molecule has 1 aliphatic rings. The number of rotatable bonds is 4. The van der Waals surface area contributed by atoms with Crippen molar-refractivity contribution in [2.24, 2.45) is 0 Å². The van der Waals surface area contributed by atoms with Crippen molar-refractivity contribution < 1.29 is 9.18 Å². The van der Waals surface area contributed by atoms with Crippen molar-refractivity contribution in [2.45, 2.75) is 42.9 Å². The monoisotopic (exact) mass is 387 g/mol. The second kappa shape index (κ2) is 7.32. The molecule has 3 aromatic rings. The maximum absolute atomic E-state index is 13.3. The largest absolute Gasteiger partial charge is 0.325 e. The molecule has 1 amide bonds. The average Bonchev–Trinajstić information content (AvgIpc) is 3.01. The summed E-state index contributed by atoms with van der Waals surface area (Å²) in [6.45, 7) is 1.84. The number of hydrogen-bond donors (Lipinski definition) is 1. The van der Waals surface area contributed by atoms with Gasteiger partial charge in [0.1, 0.15) is 22.0 Å². The lowest BCUT2D eigenvalue weighted by atomic mass is 9.97. The van der Waals surface area contributed by atoms with Crippen molar-refractivity contribution in [1.29, 1.82) is 0 Å². The Morgan fingerprint density at radius 2 is 2.15 bits per heavy atom. The number of benzene rings is 1. The van der Waals surface area contributed by atoms with Gasteiger partial charge in [-0.05, 0) is 56.4 Å². The smallest absolute Gasteiger partial charge is 0.237 e. The first-order valence-electron chi connectivity index (χ1n) is 8.60. The highest BCUT2D eigenvalue weighted by molar-refractivity contribution is 8.00. The van der Waals surface area contributed by atoms with E-state index in [1.54, 1.807) is 29.8 Å². The van der Waals surface area contributed by atoms with Crippen LogP contribution in [0.2, 0.25) is 0 Å².